The number of hydrogen-bond acceptors (Lipinski definition) is 5. The van der Waals surface area contributed by atoms with Gasteiger partial charge in [-0.15, -0.1) is 0 Å². The lowest BCUT2D eigenvalue weighted by molar-refractivity contribution is -0.162. The third-order valence-corrected chi connectivity index (χ3v) is 11.6. The Labute approximate surface area is 409 Å². The smallest absolute Gasteiger partial charge is 0.306 e. The molecule has 0 amide bonds. The van der Waals surface area contributed by atoms with E-state index in [1.165, 1.54) is 135 Å². The van der Waals surface area contributed by atoms with Gasteiger partial charge in [-0.25, -0.2) is 0 Å². The topological polar surface area (TPSA) is 61.8 Å². The SMILES string of the molecule is CC/C=C\C/C=C\C/C=C\C/C=C\C/C=C\CCCC(=O)OC(COCCCCCCCC/C=C\CCCCCC)COC(=O)CCCCCCCCCCC/C=C\C/C=C\CCCCC. The van der Waals surface area contributed by atoms with Gasteiger partial charge in [0.1, 0.15) is 6.61 Å². The van der Waals surface area contributed by atoms with E-state index in [1.54, 1.807) is 0 Å². The Morgan fingerprint density at radius 2 is 0.697 bits per heavy atom. The lowest BCUT2D eigenvalue weighted by Gasteiger charge is -2.18. The minimum Gasteiger partial charge on any atom is -0.462 e. The Morgan fingerprint density at radius 1 is 0.348 bits per heavy atom. The quantitative estimate of drug-likeness (QED) is 0.0346. The zero-order valence-electron chi connectivity index (χ0n) is 43.4. The van der Waals surface area contributed by atoms with Crippen molar-refractivity contribution in [2.24, 2.45) is 0 Å². The number of rotatable bonds is 50. The van der Waals surface area contributed by atoms with E-state index in [0.29, 0.717) is 19.4 Å². The van der Waals surface area contributed by atoms with Crippen molar-refractivity contribution in [2.75, 3.05) is 19.8 Å². The standard InChI is InChI=1S/C61H104O5/c1-4-7-10-13-16-19-22-25-28-30-31-33-34-36-39-42-45-48-51-54-60(62)65-58-59(57-64-56-53-50-47-44-41-38-27-24-21-18-15-12-9-6-3)66-61(63)55-52-49-46-43-40-37-35-32-29-26-23-20-17-14-11-8-5-2/h8,11,16-17,19-21,24-26,28-29,35,37,43,46,59H,4-7,9-10,12-15,18,22-23,27,30-34,36,38-42,44-45,47-58H2,1-3H3/b11-8-,19-16-,20-17-,24-21-,28-25-,29-26-,37-35-,46-43-. The van der Waals surface area contributed by atoms with Crippen LogP contribution in [0.15, 0.2) is 97.2 Å². The van der Waals surface area contributed by atoms with Crippen molar-refractivity contribution in [1.82, 2.24) is 0 Å². The zero-order valence-corrected chi connectivity index (χ0v) is 43.4. The lowest BCUT2D eigenvalue weighted by atomic mass is 10.1. The van der Waals surface area contributed by atoms with Crippen LogP contribution in [0.1, 0.15) is 252 Å². The summed E-state index contributed by atoms with van der Waals surface area (Å²) in [5.41, 5.74) is 0. The number of esters is 2. The van der Waals surface area contributed by atoms with Crippen molar-refractivity contribution in [3.05, 3.63) is 97.2 Å². The van der Waals surface area contributed by atoms with Gasteiger partial charge in [0.05, 0.1) is 6.61 Å². The summed E-state index contributed by atoms with van der Waals surface area (Å²) in [5.74, 6) is -0.472. The van der Waals surface area contributed by atoms with Crippen molar-refractivity contribution in [2.45, 2.75) is 258 Å². The Hall–Kier alpha value is -3.18. The van der Waals surface area contributed by atoms with Gasteiger partial charge in [0, 0.05) is 19.4 Å². The molecule has 0 heterocycles. The molecular weight excluding hydrogens is 813 g/mol. The normalized spacial score (nSPS) is 13.0. The first-order valence-electron chi connectivity index (χ1n) is 27.8. The molecule has 0 aromatic heterocycles. The lowest BCUT2D eigenvalue weighted by Crippen LogP contribution is -2.30. The highest BCUT2D eigenvalue weighted by Crippen LogP contribution is 2.14. The summed E-state index contributed by atoms with van der Waals surface area (Å²) in [6, 6.07) is 0. The number of allylic oxidation sites excluding steroid dienone is 16. The van der Waals surface area contributed by atoms with Crippen LogP contribution < -0.4 is 0 Å². The maximum Gasteiger partial charge on any atom is 0.306 e. The molecule has 1 atom stereocenters. The first-order chi connectivity index (χ1) is 32.6. The third-order valence-electron chi connectivity index (χ3n) is 11.6. The van der Waals surface area contributed by atoms with Crippen molar-refractivity contribution < 1.29 is 23.8 Å². The fourth-order valence-electron chi connectivity index (χ4n) is 7.45. The van der Waals surface area contributed by atoms with E-state index in [2.05, 4.69) is 118 Å². The minimum atomic E-state index is -0.576. The third kappa shape index (κ3) is 53.4. The Bertz CT molecular complexity index is 1270. The van der Waals surface area contributed by atoms with E-state index in [9.17, 15) is 9.59 Å². The summed E-state index contributed by atoms with van der Waals surface area (Å²) in [4.78, 5) is 25.5. The Morgan fingerprint density at radius 3 is 1.18 bits per heavy atom. The predicted molar refractivity (Wildman–Crippen MR) is 288 cm³/mol. The number of ether oxygens (including phenoxy) is 3. The highest BCUT2D eigenvalue weighted by molar-refractivity contribution is 5.70. The molecule has 5 nitrogen and oxygen atoms in total. The van der Waals surface area contributed by atoms with E-state index < -0.39 is 6.10 Å². The van der Waals surface area contributed by atoms with Gasteiger partial charge in [-0.3, -0.25) is 9.59 Å². The maximum atomic E-state index is 12.8. The van der Waals surface area contributed by atoms with E-state index in [4.69, 9.17) is 14.2 Å². The fraction of sp³-hybridized carbons (Fsp3) is 0.705. The van der Waals surface area contributed by atoms with Gasteiger partial charge in [-0.2, -0.15) is 0 Å². The predicted octanol–water partition coefficient (Wildman–Crippen LogP) is 19.0. The summed E-state index contributed by atoms with van der Waals surface area (Å²) in [6.07, 6.45) is 75.7. The van der Waals surface area contributed by atoms with Gasteiger partial charge in [-0.05, 0) is 116 Å². The molecule has 0 saturated heterocycles. The van der Waals surface area contributed by atoms with Crippen LogP contribution in [0.2, 0.25) is 0 Å². The van der Waals surface area contributed by atoms with E-state index >= 15 is 0 Å². The summed E-state index contributed by atoms with van der Waals surface area (Å²) < 4.78 is 17.4. The summed E-state index contributed by atoms with van der Waals surface area (Å²) in [6.45, 7) is 7.61. The van der Waals surface area contributed by atoms with Crippen LogP contribution in [0.5, 0.6) is 0 Å². The van der Waals surface area contributed by atoms with E-state index in [1.807, 2.05) is 0 Å². The zero-order chi connectivity index (χ0) is 47.7. The van der Waals surface area contributed by atoms with Gasteiger partial charge in [0.2, 0.25) is 0 Å². The summed E-state index contributed by atoms with van der Waals surface area (Å²) in [5, 5.41) is 0. The van der Waals surface area contributed by atoms with E-state index in [-0.39, 0.29) is 25.2 Å². The second kappa shape index (κ2) is 56.1. The van der Waals surface area contributed by atoms with Crippen molar-refractivity contribution in [1.29, 1.82) is 0 Å². The van der Waals surface area contributed by atoms with Crippen molar-refractivity contribution in [3.63, 3.8) is 0 Å². The first kappa shape index (κ1) is 62.8. The Kier molecular flexibility index (Phi) is 53.4. The van der Waals surface area contributed by atoms with Gasteiger partial charge >= 0.3 is 11.9 Å². The monoisotopic (exact) mass is 917 g/mol. The van der Waals surface area contributed by atoms with E-state index in [0.717, 1.165) is 83.5 Å². The van der Waals surface area contributed by atoms with Crippen LogP contribution in [0.25, 0.3) is 0 Å². The van der Waals surface area contributed by atoms with Crippen LogP contribution >= 0.6 is 0 Å². The number of unbranched alkanes of at least 4 members (excludes halogenated alkanes) is 23. The molecule has 5 heteroatoms. The number of carbonyl (C=O) groups excluding carboxylic acids is 2. The second-order valence-corrected chi connectivity index (χ2v) is 18.1. The molecule has 0 spiro atoms. The molecule has 0 fully saturated rings. The van der Waals surface area contributed by atoms with Crippen LogP contribution in [0.3, 0.4) is 0 Å². The summed E-state index contributed by atoms with van der Waals surface area (Å²) in [7, 11) is 0. The van der Waals surface area contributed by atoms with Gasteiger partial charge in [0.25, 0.3) is 0 Å². The molecule has 0 aliphatic rings. The molecule has 0 bridgehead atoms. The summed E-state index contributed by atoms with van der Waals surface area (Å²) >= 11 is 0. The molecule has 1 unspecified atom stereocenters. The van der Waals surface area contributed by atoms with Crippen LogP contribution in [-0.4, -0.2) is 37.9 Å². The molecule has 0 N–H and O–H groups in total. The number of carbonyl (C=O) groups is 2. The first-order valence-corrected chi connectivity index (χ1v) is 27.8. The molecule has 0 aliphatic heterocycles. The molecule has 0 aliphatic carbocycles. The number of hydrogen-bond donors (Lipinski definition) is 0. The average molecular weight is 917 g/mol. The molecule has 378 valence electrons. The maximum absolute atomic E-state index is 12.8. The van der Waals surface area contributed by atoms with Gasteiger partial charge in [0.15, 0.2) is 6.10 Å². The Balaban J connectivity index is 4.37. The highest BCUT2D eigenvalue weighted by Gasteiger charge is 2.17. The molecule has 0 saturated carbocycles. The van der Waals surface area contributed by atoms with Crippen LogP contribution in [0.4, 0.5) is 0 Å². The van der Waals surface area contributed by atoms with Crippen molar-refractivity contribution >= 4 is 11.9 Å². The van der Waals surface area contributed by atoms with Crippen molar-refractivity contribution in [3.8, 4) is 0 Å². The molecule has 0 aromatic rings. The molecule has 0 aromatic carbocycles. The highest BCUT2D eigenvalue weighted by atomic mass is 16.6. The molecule has 66 heavy (non-hydrogen) atoms. The fourth-order valence-corrected chi connectivity index (χ4v) is 7.45. The van der Waals surface area contributed by atoms with Crippen LogP contribution in [0, 0.1) is 0 Å². The minimum absolute atomic E-state index is 0.0541. The largest absolute Gasteiger partial charge is 0.462 e. The van der Waals surface area contributed by atoms with Gasteiger partial charge in [-0.1, -0.05) is 221 Å². The molecular formula is C61H104O5. The molecule has 0 rings (SSSR count). The molecule has 0 radical (unpaired) electrons. The van der Waals surface area contributed by atoms with Crippen LogP contribution in [-0.2, 0) is 23.8 Å². The second-order valence-electron chi connectivity index (χ2n) is 18.1. The van der Waals surface area contributed by atoms with Gasteiger partial charge < -0.3 is 14.2 Å². The average Bonchev–Trinajstić information content (AvgIpc) is 3.32.